The fourth-order valence-corrected chi connectivity index (χ4v) is 8.70. The van der Waals surface area contributed by atoms with Crippen LogP contribution in [0.5, 0.6) is 11.5 Å². The summed E-state index contributed by atoms with van der Waals surface area (Å²) in [6.45, 7) is 14.5. The van der Waals surface area contributed by atoms with Gasteiger partial charge in [-0.1, -0.05) is 62.5 Å². The Morgan fingerprint density at radius 2 is 1.13 bits per heavy atom. The van der Waals surface area contributed by atoms with Gasteiger partial charge in [-0.05, 0) is 66.5 Å². The Morgan fingerprint density at radius 3 is 1.60 bits per heavy atom. The van der Waals surface area contributed by atoms with Gasteiger partial charge in [-0.25, -0.2) is 9.59 Å². The molecule has 4 aromatic rings. The first-order valence-corrected chi connectivity index (χ1v) is 23.4. The van der Waals surface area contributed by atoms with Crippen LogP contribution in [0.2, 0.25) is 0 Å². The molecular formula is C53H64O17. The third-order valence-electron chi connectivity index (χ3n) is 12.5. The van der Waals surface area contributed by atoms with Crippen molar-refractivity contribution in [2.24, 2.45) is 11.8 Å². The number of furan rings is 2. The fourth-order valence-electron chi connectivity index (χ4n) is 8.70. The summed E-state index contributed by atoms with van der Waals surface area (Å²) >= 11 is 0. The van der Waals surface area contributed by atoms with Gasteiger partial charge in [-0.2, -0.15) is 0 Å². The van der Waals surface area contributed by atoms with E-state index in [1.165, 1.54) is 14.2 Å². The van der Waals surface area contributed by atoms with Crippen LogP contribution in [0.1, 0.15) is 111 Å². The van der Waals surface area contributed by atoms with Crippen molar-refractivity contribution in [3.8, 4) is 11.5 Å². The molecule has 0 bridgehead atoms. The highest BCUT2D eigenvalue weighted by molar-refractivity contribution is 6.06. The molecule has 17 heteroatoms. The van der Waals surface area contributed by atoms with Crippen molar-refractivity contribution in [1.29, 1.82) is 0 Å². The molecule has 0 amide bonds. The van der Waals surface area contributed by atoms with E-state index in [0.29, 0.717) is 58.1 Å². The van der Waals surface area contributed by atoms with Gasteiger partial charge in [0.05, 0.1) is 18.5 Å². The molecule has 0 spiro atoms. The lowest BCUT2D eigenvalue weighted by molar-refractivity contribution is -0.152. The van der Waals surface area contributed by atoms with Crippen LogP contribution >= 0.6 is 0 Å². The van der Waals surface area contributed by atoms with E-state index in [4.69, 9.17) is 56.2 Å². The summed E-state index contributed by atoms with van der Waals surface area (Å²) in [6, 6.07) is 6.59. The molecule has 2 aromatic heterocycles. The van der Waals surface area contributed by atoms with Crippen molar-refractivity contribution >= 4 is 52.3 Å². The molecule has 10 atom stereocenters. The number of aldehydes is 1. The van der Waals surface area contributed by atoms with Gasteiger partial charge in [0.15, 0.2) is 37.2 Å². The van der Waals surface area contributed by atoms with Crippen LogP contribution in [0.4, 0.5) is 0 Å². The summed E-state index contributed by atoms with van der Waals surface area (Å²) < 4.78 is 68.6. The van der Waals surface area contributed by atoms with E-state index in [-0.39, 0.29) is 48.6 Å². The molecule has 6 heterocycles. The molecule has 0 radical (unpaired) electrons. The minimum atomic E-state index is -0.907. The molecule has 2 fully saturated rings. The number of ether oxygens (including phenoxy) is 10. The number of aliphatic hydroxyl groups is 2. The number of carbonyl (C=O) groups is 3. The maximum absolute atomic E-state index is 13.5. The standard InChI is InChI=1S/C27H32O9.C26H32O8/c1-15-9-10-20(29)25-21(35-27(3,4)36-25)8-6-7-18-19-11-17(13-28)34-22(19)12-23(32-14-31-5)24(18)26(30)33-16(15)2;1-15-9-10-19(27)24-20(33-26(3,4)34-24)8-6-7-18-17-11-12-30-21(17)13-22(31-14-29-5)23(18)25(28)32-16(15)2/h6-7,9-13,15-16,20-21,25,29H,8,14H2,1-5H3;6-7,9-13,15-16,19-20,24,27H,8,14H2,1-5H3/b2*7-6?,10-9-/t15-,16+,20?,21+,25-;15-,16+,19?,20+,24-/m11/s1. The average Bonchev–Trinajstić information content (AvgIpc) is 4.11. The third kappa shape index (κ3) is 11.9. The van der Waals surface area contributed by atoms with E-state index in [9.17, 15) is 24.6 Å². The number of esters is 2. The maximum Gasteiger partial charge on any atom is 0.342 e. The van der Waals surface area contributed by atoms with Crippen molar-refractivity contribution < 1.29 is 80.8 Å². The van der Waals surface area contributed by atoms with Crippen LogP contribution in [0.15, 0.2) is 75.8 Å². The van der Waals surface area contributed by atoms with E-state index in [0.717, 1.165) is 5.39 Å². The lowest BCUT2D eigenvalue weighted by Crippen LogP contribution is -2.34. The van der Waals surface area contributed by atoms with E-state index in [2.05, 4.69) is 0 Å². The number of rotatable bonds is 7. The molecule has 70 heavy (non-hydrogen) atoms. The Labute approximate surface area is 406 Å². The van der Waals surface area contributed by atoms with E-state index >= 15 is 0 Å². The first-order chi connectivity index (χ1) is 33.3. The number of hydrogen-bond donors (Lipinski definition) is 2. The summed E-state index contributed by atoms with van der Waals surface area (Å²) in [6.07, 6.45) is 12.6. The molecule has 378 valence electrons. The lowest BCUT2D eigenvalue weighted by atomic mass is 9.97. The number of hydrogen-bond acceptors (Lipinski definition) is 17. The van der Waals surface area contributed by atoms with Crippen LogP contribution < -0.4 is 9.47 Å². The molecule has 0 saturated carbocycles. The highest BCUT2D eigenvalue weighted by atomic mass is 16.8. The van der Waals surface area contributed by atoms with E-state index in [1.54, 1.807) is 75.6 Å². The number of carbonyl (C=O) groups excluding carboxylic acids is 3. The monoisotopic (exact) mass is 972 g/mol. The molecule has 2 N–H and O–H groups in total. The van der Waals surface area contributed by atoms with Crippen molar-refractivity contribution in [1.82, 2.24) is 0 Å². The Morgan fingerprint density at radius 1 is 0.657 bits per heavy atom. The molecule has 4 aliphatic heterocycles. The van der Waals surface area contributed by atoms with Gasteiger partial charge < -0.3 is 66.4 Å². The molecule has 8 rings (SSSR count). The van der Waals surface area contributed by atoms with Crippen LogP contribution in [0.3, 0.4) is 0 Å². The zero-order valence-electron chi connectivity index (χ0n) is 41.2. The number of methoxy groups -OCH3 is 2. The number of cyclic esters (lactones) is 2. The minimum Gasteiger partial charge on any atom is -0.466 e. The van der Waals surface area contributed by atoms with Gasteiger partial charge in [0.1, 0.15) is 70.4 Å². The number of aliphatic hydroxyl groups excluding tert-OH is 2. The molecule has 17 nitrogen and oxygen atoms in total. The molecule has 2 saturated heterocycles. The quantitative estimate of drug-likeness (QED) is 0.0767. The maximum atomic E-state index is 13.5. The normalized spacial score (nSPS) is 29.7. The average molecular weight is 973 g/mol. The minimum absolute atomic E-state index is 0.0355. The predicted molar refractivity (Wildman–Crippen MR) is 256 cm³/mol. The van der Waals surface area contributed by atoms with E-state index < -0.39 is 66.2 Å². The SMILES string of the molecule is COCOc1cc2oc(C=O)cc2c2c1C(=O)O[C@@H](C)[C@H](C)/C=C\C(O)[C@H]1OC(C)(C)O[C@H]1CC=C2.COCOc1cc2occc2c2c1C(=O)O[C@@H](C)[C@H](C)/C=C\C(O)[C@H]1OC(C)(C)O[C@H]1CC=C2. The van der Waals surface area contributed by atoms with Crippen LogP contribution in [-0.2, 0) is 37.9 Å². The van der Waals surface area contributed by atoms with E-state index in [1.807, 2.05) is 58.9 Å². The van der Waals surface area contributed by atoms with Gasteiger partial charge in [0.25, 0.3) is 0 Å². The first-order valence-electron chi connectivity index (χ1n) is 23.4. The van der Waals surface area contributed by atoms with Crippen LogP contribution in [0.25, 0.3) is 34.1 Å². The summed E-state index contributed by atoms with van der Waals surface area (Å²) in [4.78, 5) is 38.3. The number of fused-ring (bicyclic) bond motifs is 8. The van der Waals surface area contributed by atoms with Gasteiger partial charge >= 0.3 is 11.9 Å². The summed E-state index contributed by atoms with van der Waals surface area (Å²) in [7, 11) is 2.98. The highest BCUT2D eigenvalue weighted by Gasteiger charge is 2.45. The largest absolute Gasteiger partial charge is 0.466 e. The first kappa shape index (κ1) is 52.2. The Balaban J connectivity index is 0.000000207. The zero-order valence-corrected chi connectivity index (χ0v) is 41.2. The summed E-state index contributed by atoms with van der Waals surface area (Å²) in [5.74, 6) is -2.52. The molecule has 2 unspecified atom stereocenters. The van der Waals surface area contributed by atoms with Gasteiger partial charge in [-0.3, -0.25) is 4.79 Å². The molecule has 4 aliphatic rings. The van der Waals surface area contributed by atoms with Gasteiger partial charge in [0, 0.05) is 60.1 Å². The Kier molecular flexibility index (Phi) is 16.6. The summed E-state index contributed by atoms with van der Waals surface area (Å²) in [5.41, 5.74) is 2.52. The van der Waals surface area contributed by atoms with Crippen LogP contribution in [-0.4, -0.2) is 117 Å². The second-order valence-electron chi connectivity index (χ2n) is 18.7. The van der Waals surface area contributed by atoms with Crippen molar-refractivity contribution in [3.63, 3.8) is 0 Å². The van der Waals surface area contributed by atoms with Gasteiger partial charge in [0.2, 0.25) is 0 Å². The molecule has 0 aliphatic carbocycles. The summed E-state index contributed by atoms with van der Waals surface area (Å²) in [5, 5.41) is 22.9. The molecule has 2 aromatic carbocycles. The molecular weight excluding hydrogens is 909 g/mol. The Bertz CT molecular complexity index is 2610. The highest BCUT2D eigenvalue weighted by Crippen LogP contribution is 2.39. The van der Waals surface area contributed by atoms with Crippen LogP contribution in [0, 0.1) is 11.8 Å². The van der Waals surface area contributed by atoms with Crippen molar-refractivity contribution in [2.45, 2.75) is 129 Å². The predicted octanol–water partition coefficient (Wildman–Crippen LogP) is 8.71. The lowest BCUT2D eigenvalue weighted by Gasteiger charge is -2.23. The van der Waals surface area contributed by atoms with Gasteiger partial charge in [-0.15, -0.1) is 0 Å². The second-order valence-corrected chi connectivity index (χ2v) is 18.7. The number of benzene rings is 2. The van der Waals surface area contributed by atoms with Crippen molar-refractivity contribution in [2.75, 3.05) is 27.8 Å². The zero-order chi connectivity index (χ0) is 50.5. The Hall–Kier alpha value is -5.63. The fraction of sp³-hybridized carbons (Fsp3) is 0.491. The third-order valence-corrected chi connectivity index (χ3v) is 12.5. The topological polar surface area (TPSA) is 210 Å². The van der Waals surface area contributed by atoms with Crippen molar-refractivity contribution in [3.05, 3.63) is 95.0 Å². The second kappa shape index (κ2) is 22.2. The smallest absolute Gasteiger partial charge is 0.342 e.